The minimum Gasteiger partial charge on any atom is -0.343 e. The number of halogens is 1. The number of carbonyl (C=O) groups excluding carboxylic acids is 1. The average molecular weight is 263 g/mol. The van der Waals surface area contributed by atoms with Crippen molar-refractivity contribution in [3.8, 4) is 0 Å². The van der Waals surface area contributed by atoms with Crippen LogP contribution in [-0.2, 0) is 4.79 Å². The highest BCUT2D eigenvalue weighted by atomic mass is 35.5. The van der Waals surface area contributed by atoms with Gasteiger partial charge < -0.3 is 10.6 Å². The molecule has 0 aromatic heterocycles. The number of rotatable bonds is 5. The van der Waals surface area contributed by atoms with E-state index in [4.69, 9.17) is 5.73 Å². The standard InChI is InChI=1S/C13H26N2O.ClH/c1-4-15(9-10(2)3)13(16)8-11-6-5-7-12(11)14;/h10-12H,4-9,14H2,1-3H3;1H/t11-,12+;/m0./s1. The summed E-state index contributed by atoms with van der Waals surface area (Å²) in [6.07, 6.45) is 4.07. The summed E-state index contributed by atoms with van der Waals surface area (Å²) in [5.41, 5.74) is 6.00. The number of carbonyl (C=O) groups is 1. The van der Waals surface area contributed by atoms with E-state index in [-0.39, 0.29) is 18.4 Å². The molecule has 0 aromatic rings. The summed E-state index contributed by atoms with van der Waals surface area (Å²) in [5.74, 6) is 1.26. The normalized spacial score (nSPS) is 23.6. The molecule has 1 amide bonds. The first kappa shape index (κ1) is 16.7. The smallest absolute Gasteiger partial charge is 0.222 e. The molecule has 0 bridgehead atoms. The molecule has 0 spiro atoms. The molecule has 3 nitrogen and oxygen atoms in total. The third kappa shape index (κ3) is 5.26. The Morgan fingerprint density at radius 3 is 2.47 bits per heavy atom. The lowest BCUT2D eigenvalue weighted by Gasteiger charge is -2.25. The SMILES string of the molecule is CCN(CC(C)C)C(=O)C[C@@H]1CCC[C@H]1N.Cl. The Hall–Kier alpha value is -0.280. The highest BCUT2D eigenvalue weighted by Crippen LogP contribution is 2.27. The molecular weight excluding hydrogens is 236 g/mol. The quantitative estimate of drug-likeness (QED) is 0.827. The molecule has 0 saturated heterocycles. The summed E-state index contributed by atoms with van der Waals surface area (Å²) in [4.78, 5) is 14.0. The van der Waals surface area contributed by atoms with Gasteiger partial charge in [-0.1, -0.05) is 20.3 Å². The summed E-state index contributed by atoms with van der Waals surface area (Å²) in [6, 6.07) is 0.252. The first-order valence-corrected chi connectivity index (χ1v) is 6.58. The number of amides is 1. The van der Waals surface area contributed by atoms with Crippen molar-refractivity contribution < 1.29 is 4.79 Å². The summed E-state index contributed by atoms with van der Waals surface area (Å²) in [6.45, 7) is 8.04. The largest absolute Gasteiger partial charge is 0.343 e. The molecule has 0 unspecified atom stereocenters. The third-order valence-electron chi connectivity index (χ3n) is 3.47. The lowest BCUT2D eigenvalue weighted by Crippen LogP contribution is -2.37. The minimum atomic E-state index is 0. The Morgan fingerprint density at radius 1 is 1.41 bits per heavy atom. The molecule has 1 rings (SSSR count). The number of nitrogens with zero attached hydrogens (tertiary/aromatic N) is 1. The highest BCUT2D eigenvalue weighted by Gasteiger charge is 2.27. The Labute approximate surface area is 112 Å². The topological polar surface area (TPSA) is 46.3 Å². The fourth-order valence-corrected chi connectivity index (χ4v) is 2.52. The van der Waals surface area contributed by atoms with E-state index in [1.807, 2.05) is 4.90 Å². The second-order valence-electron chi connectivity index (χ2n) is 5.39. The number of hydrogen-bond donors (Lipinski definition) is 1. The van der Waals surface area contributed by atoms with Crippen LogP contribution in [0.1, 0.15) is 46.5 Å². The van der Waals surface area contributed by atoms with Crippen molar-refractivity contribution in [1.29, 1.82) is 0 Å². The van der Waals surface area contributed by atoms with Gasteiger partial charge in [0.05, 0.1) is 0 Å². The predicted molar refractivity (Wildman–Crippen MR) is 74.3 cm³/mol. The van der Waals surface area contributed by atoms with Crippen molar-refractivity contribution in [3.05, 3.63) is 0 Å². The molecule has 1 aliphatic rings. The fraction of sp³-hybridized carbons (Fsp3) is 0.923. The molecule has 4 heteroatoms. The van der Waals surface area contributed by atoms with Crippen molar-refractivity contribution in [1.82, 2.24) is 4.90 Å². The predicted octanol–water partition coefficient (Wildman–Crippen LogP) is 2.43. The molecule has 102 valence electrons. The molecule has 1 aliphatic carbocycles. The second kappa shape index (κ2) is 7.93. The molecule has 1 fully saturated rings. The van der Waals surface area contributed by atoms with Crippen molar-refractivity contribution in [3.63, 3.8) is 0 Å². The molecule has 17 heavy (non-hydrogen) atoms. The van der Waals surface area contributed by atoms with Crippen LogP contribution in [0.2, 0.25) is 0 Å². The summed E-state index contributed by atoms with van der Waals surface area (Å²) in [7, 11) is 0. The average Bonchev–Trinajstić information content (AvgIpc) is 2.60. The van der Waals surface area contributed by atoms with Gasteiger partial charge in [0, 0.05) is 25.6 Å². The van der Waals surface area contributed by atoms with Crippen LogP contribution in [0.25, 0.3) is 0 Å². The molecule has 2 atom stereocenters. The van der Waals surface area contributed by atoms with Crippen LogP contribution in [0, 0.1) is 11.8 Å². The molecule has 0 heterocycles. The molecular formula is C13H27ClN2O. The fourth-order valence-electron chi connectivity index (χ4n) is 2.52. The monoisotopic (exact) mass is 262 g/mol. The Morgan fingerprint density at radius 2 is 2.06 bits per heavy atom. The van der Waals surface area contributed by atoms with Crippen molar-refractivity contribution in [2.75, 3.05) is 13.1 Å². The molecule has 1 saturated carbocycles. The molecule has 0 radical (unpaired) electrons. The van der Waals surface area contributed by atoms with Crippen molar-refractivity contribution >= 4 is 18.3 Å². The van der Waals surface area contributed by atoms with E-state index in [1.54, 1.807) is 0 Å². The highest BCUT2D eigenvalue weighted by molar-refractivity contribution is 5.85. The minimum absolute atomic E-state index is 0. The first-order valence-electron chi connectivity index (χ1n) is 6.58. The van der Waals surface area contributed by atoms with Gasteiger partial charge in [-0.2, -0.15) is 0 Å². The third-order valence-corrected chi connectivity index (χ3v) is 3.47. The lowest BCUT2D eigenvalue weighted by atomic mass is 9.99. The first-order chi connectivity index (χ1) is 7.54. The number of hydrogen-bond acceptors (Lipinski definition) is 2. The lowest BCUT2D eigenvalue weighted by molar-refractivity contribution is -0.132. The Balaban J connectivity index is 0.00000256. The van der Waals surface area contributed by atoms with Gasteiger partial charge in [-0.3, -0.25) is 4.79 Å². The second-order valence-corrected chi connectivity index (χ2v) is 5.39. The van der Waals surface area contributed by atoms with Crippen molar-refractivity contribution in [2.24, 2.45) is 17.6 Å². The summed E-state index contributed by atoms with van der Waals surface area (Å²) < 4.78 is 0. The van der Waals surface area contributed by atoms with Crippen molar-refractivity contribution in [2.45, 2.75) is 52.5 Å². The van der Waals surface area contributed by atoms with Gasteiger partial charge in [0.2, 0.25) is 5.91 Å². The molecule has 2 N–H and O–H groups in total. The maximum Gasteiger partial charge on any atom is 0.222 e. The van der Waals surface area contributed by atoms with Gasteiger partial charge in [-0.25, -0.2) is 0 Å². The van der Waals surface area contributed by atoms with Gasteiger partial charge in [0.25, 0.3) is 0 Å². The Kier molecular flexibility index (Phi) is 7.80. The van der Waals surface area contributed by atoms with E-state index in [1.165, 1.54) is 6.42 Å². The Bertz CT molecular complexity index is 233. The van der Waals surface area contributed by atoms with E-state index in [2.05, 4.69) is 20.8 Å². The zero-order chi connectivity index (χ0) is 12.1. The van der Waals surface area contributed by atoms with Gasteiger partial charge in [-0.15, -0.1) is 12.4 Å². The van der Waals surface area contributed by atoms with Crippen LogP contribution in [0.15, 0.2) is 0 Å². The number of nitrogens with two attached hydrogens (primary N) is 1. The zero-order valence-electron chi connectivity index (χ0n) is 11.3. The molecule has 0 aromatic carbocycles. The van der Waals surface area contributed by atoms with Crippen LogP contribution in [-0.4, -0.2) is 29.9 Å². The van der Waals surface area contributed by atoms with Gasteiger partial charge >= 0.3 is 0 Å². The van der Waals surface area contributed by atoms with Crippen LogP contribution in [0.3, 0.4) is 0 Å². The van der Waals surface area contributed by atoms with Gasteiger partial charge in [-0.05, 0) is 31.6 Å². The summed E-state index contributed by atoms with van der Waals surface area (Å²) in [5, 5.41) is 0. The van der Waals surface area contributed by atoms with E-state index >= 15 is 0 Å². The zero-order valence-corrected chi connectivity index (χ0v) is 12.1. The van der Waals surface area contributed by atoms with Crippen LogP contribution in [0.4, 0.5) is 0 Å². The maximum absolute atomic E-state index is 12.1. The van der Waals surface area contributed by atoms with E-state index in [9.17, 15) is 4.79 Å². The molecule has 0 aliphatic heterocycles. The van der Waals surface area contributed by atoms with Crippen LogP contribution in [0.5, 0.6) is 0 Å². The van der Waals surface area contributed by atoms with E-state index in [0.29, 0.717) is 24.2 Å². The maximum atomic E-state index is 12.1. The van der Waals surface area contributed by atoms with E-state index in [0.717, 1.165) is 25.9 Å². The van der Waals surface area contributed by atoms with Gasteiger partial charge in [0.15, 0.2) is 0 Å². The van der Waals surface area contributed by atoms with Crippen LogP contribution >= 0.6 is 12.4 Å². The van der Waals surface area contributed by atoms with E-state index < -0.39 is 0 Å². The summed E-state index contributed by atoms with van der Waals surface area (Å²) >= 11 is 0. The van der Waals surface area contributed by atoms with Crippen LogP contribution < -0.4 is 5.73 Å². The van der Waals surface area contributed by atoms with Gasteiger partial charge in [0.1, 0.15) is 0 Å².